The molecule has 0 radical (unpaired) electrons. The second-order valence-corrected chi connectivity index (χ2v) is 6.28. The van der Waals surface area contributed by atoms with Crippen molar-refractivity contribution in [3.05, 3.63) is 26.3 Å². The molecule has 1 aromatic rings. The first-order valence-electron chi connectivity index (χ1n) is 3.20. The molecule has 0 aliphatic heterocycles. The summed E-state index contributed by atoms with van der Waals surface area (Å²) in [5, 5.41) is 8.72. The van der Waals surface area contributed by atoms with E-state index in [9.17, 15) is 8.42 Å². The Morgan fingerprint density at radius 1 is 1.43 bits per heavy atom. The summed E-state index contributed by atoms with van der Waals surface area (Å²) in [7, 11) is 1.35. The normalized spacial score (nSPS) is 11.0. The van der Waals surface area contributed by atoms with E-state index in [-0.39, 0.29) is 19.1 Å². The first-order chi connectivity index (χ1) is 6.38. The van der Waals surface area contributed by atoms with Gasteiger partial charge < -0.3 is 0 Å². The zero-order chi connectivity index (χ0) is 10.9. The molecular weight excluding hydrogens is 360 g/mol. The predicted octanol–water partition coefficient (Wildman–Crippen LogP) is 2.74. The van der Waals surface area contributed by atoms with Crippen LogP contribution in [0.1, 0.15) is 5.56 Å². The highest BCUT2D eigenvalue weighted by Crippen LogP contribution is 2.30. The van der Waals surface area contributed by atoms with Gasteiger partial charge in [0, 0.05) is 10.7 Å². The van der Waals surface area contributed by atoms with E-state index < -0.39 is 9.05 Å². The quantitative estimate of drug-likeness (QED) is 0.570. The van der Waals surface area contributed by atoms with Crippen LogP contribution < -0.4 is 0 Å². The fourth-order valence-electron chi connectivity index (χ4n) is 0.806. The molecule has 0 fully saturated rings. The summed E-state index contributed by atoms with van der Waals surface area (Å²) >= 11 is 7.48. The minimum absolute atomic E-state index is 0.0798. The standard InChI is InChI=1S/C7H2Cl2INO2S/c8-6-4(3-11)1-2-5(7(6)10)14(9,12)13/h1-2H. The number of halogens is 3. The predicted molar refractivity (Wildman–Crippen MR) is 61.9 cm³/mol. The molecule has 1 rings (SSSR count). The van der Waals surface area contributed by atoms with Crippen molar-refractivity contribution in [2.24, 2.45) is 0 Å². The molecule has 0 unspecified atom stereocenters. The van der Waals surface area contributed by atoms with Gasteiger partial charge in [-0.05, 0) is 34.7 Å². The van der Waals surface area contributed by atoms with Crippen LogP contribution in [-0.4, -0.2) is 8.42 Å². The van der Waals surface area contributed by atoms with Crippen LogP contribution in [0.3, 0.4) is 0 Å². The average molecular weight is 362 g/mol. The van der Waals surface area contributed by atoms with Crippen LogP contribution in [0.2, 0.25) is 5.02 Å². The number of benzene rings is 1. The van der Waals surface area contributed by atoms with Crippen molar-refractivity contribution < 1.29 is 8.42 Å². The second kappa shape index (κ2) is 4.23. The zero-order valence-corrected chi connectivity index (χ0v) is 10.9. The van der Waals surface area contributed by atoms with Crippen molar-refractivity contribution in [1.82, 2.24) is 0 Å². The Bertz CT molecular complexity index is 521. The minimum atomic E-state index is -3.81. The van der Waals surface area contributed by atoms with Gasteiger partial charge in [-0.1, -0.05) is 11.6 Å². The third-order valence-electron chi connectivity index (χ3n) is 1.43. The van der Waals surface area contributed by atoms with Gasteiger partial charge in [-0.15, -0.1) is 0 Å². The maximum absolute atomic E-state index is 11.0. The molecule has 0 N–H and O–H groups in total. The summed E-state index contributed by atoms with van der Waals surface area (Å²) in [5.74, 6) is 0. The van der Waals surface area contributed by atoms with Crippen LogP contribution in [-0.2, 0) is 9.05 Å². The molecule has 0 bridgehead atoms. The Balaban J connectivity index is 3.57. The lowest BCUT2D eigenvalue weighted by atomic mass is 10.2. The number of nitriles is 1. The Hall–Kier alpha value is -0.0300. The van der Waals surface area contributed by atoms with Crippen LogP contribution in [0.25, 0.3) is 0 Å². The molecule has 0 amide bonds. The van der Waals surface area contributed by atoms with E-state index in [1.807, 2.05) is 6.07 Å². The summed E-state index contributed by atoms with van der Waals surface area (Å²) in [5.41, 5.74) is 0.222. The summed E-state index contributed by atoms with van der Waals surface area (Å²) in [6.45, 7) is 0. The van der Waals surface area contributed by atoms with E-state index in [1.165, 1.54) is 12.1 Å². The minimum Gasteiger partial charge on any atom is -0.207 e. The summed E-state index contributed by atoms with van der Waals surface area (Å²) in [6.07, 6.45) is 0. The van der Waals surface area contributed by atoms with Crippen LogP contribution in [0.15, 0.2) is 17.0 Å². The fraction of sp³-hybridized carbons (Fsp3) is 0. The largest absolute Gasteiger partial charge is 0.262 e. The molecule has 0 aliphatic rings. The molecule has 74 valence electrons. The first kappa shape index (κ1) is 12.0. The smallest absolute Gasteiger partial charge is 0.207 e. The number of hydrogen-bond acceptors (Lipinski definition) is 3. The summed E-state index contributed by atoms with van der Waals surface area (Å²) in [4.78, 5) is -0.0798. The third-order valence-corrected chi connectivity index (χ3v) is 4.99. The molecule has 0 saturated carbocycles. The van der Waals surface area contributed by atoms with Gasteiger partial charge in [0.2, 0.25) is 0 Å². The van der Waals surface area contributed by atoms with Crippen LogP contribution in [0.4, 0.5) is 0 Å². The molecule has 0 aliphatic carbocycles. The van der Waals surface area contributed by atoms with Gasteiger partial charge in [0.1, 0.15) is 6.07 Å². The molecule has 0 spiro atoms. The Kier molecular flexibility index (Phi) is 3.63. The van der Waals surface area contributed by atoms with Crippen molar-refractivity contribution in [2.45, 2.75) is 4.90 Å². The lowest BCUT2D eigenvalue weighted by Gasteiger charge is -2.03. The first-order valence-corrected chi connectivity index (χ1v) is 6.97. The maximum atomic E-state index is 11.0. The Labute approximate surface area is 104 Å². The number of rotatable bonds is 1. The van der Waals surface area contributed by atoms with Gasteiger partial charge in [-0.25, -0.2) is 8.42 Å². The Morgan fingerprint density at radius 2 is 2.00 bits per heavy atom. The molecule has 1 aromatic carbocycles. The zero-order valence-electron chi connectivity index (χ0n) is 6.46. The van der Waals surface area contributed by atoms with Crippen LogP contribution in [0, 0.1) is 14.9 Å². The van der Waals surface area contributed by atoms with Crippen molar-refractivity contribution in [3.8, 4) is 6.07 Å². The SMILES string of the molecule is N#Cc1ccc(S(=O)(=O)Cl)c(I)c1Cl. The molecule has 0 atom stereocenters. The lowest BCUT2D eigenvalue weighted by molar-refractivity contribution is 0.609. The van der Waals surface area contributed by atoms with Gasteiger partial charge in [0.05, 0.1) is 19.1 Å². The number of nitrogens with zero attached hydrogens (tertiary/aromatic N) is 1. The third kappa shape index (κ3) is 2.31. The van der Waals surface area contributed by atoms with Gasteiger partial charge in [-0.2, -0.15) is 5.26 Å². The molecule has 14 heavy (non-hydrogen) atoms. The van der Waals surface area contributed by atoms with Crippen molar-refractivity contribution in [3.63, 3.8) is 0 Å². The van der Waals surface area contributed by atoms with E-state index >= 15 is 0 Å². The van der Waals surface area contributed by atoms with Crippen LogP contribution in [0.5, 0.6) is 0 Å². The van der Waals surface area contributed by atoms with Crippen molar-refractivity contribution in [2.75, 3.05) is 0 Å². The summed E-state index contributed by atoms with van der Waals surface area (Å²) < 4.78 is 22.3. The molecule has 7 heteroatoms. The van der Waals surface area contributed by atoms with Crippen LogP contribution >= 0.6 is 44.9 Å². The van der Waals surface area contributed by atoms with E-state index in [0.29, 0.717) is 0 Å². The highest BCUT2D eigenvalue weighted by Gasteiger charge is 2.18. The monoisotopic (exact) mass is 361 g/mol. The highest BCUT2D eigenvalue weighted by atomic mass is 127. The lowest BCUT2D eigenvalue weighted by Crippen LogP contribution is -1.96. The van der Waals surface area contributed by atoms with E-state index in [2.05, 4.69) is 0 Å². The average Bonchev–Trinajstić information content (AvgIpc) is 2.07. The van der Waals surface area contributed by atoms with Gasteiger partial charge >= 0.3 is 0 Å². The Morgan fingerprint density at radius 3 is 2.43 bits per heavy atom. The van der Waals surface area contributed by atoms with E-state index in [0.717, 1.165) is 0 Å². The fourth-order valence-corrected chi connectivity index (χ4v) is 3.73. The molecular formula is C7H2Cl2INO2S. The number of hydrogen-bond donors (Lipinski definition) is 0. The van der Waals surface area contributed by atoms with Gasteiger partial charge in [0.15, 0.2) is 0 Å². The van der Waals surface area contributed by atoms with Crippen molar-refractivity contribution in [1.29, 1.82) is 5.26 Å². The molecule has 0 heterocycles. The van der Waals surface area contributed by atoms with Gasteiger partial charge in [-0.3, -0.25) is 0 Å². The summed E-state index contributed by atoms with van der Waals surface area (Å²) in [6, 6.07) is 4.42. The molecule has 3 nitrogen and oxygen atoms in total. The van der Waals surface area contributed by atoms with E-state index in [1.54, 1.807) is 22.6 Å². The maximum Gasteiger partial charge on any atom is 0.262 e. The van der Waals surface area contributed by atoms with Crippen molar-refractivity contribution >= 4 is 53.9 Å². The van der Waals surface area contributed by atoms with E-state index in [4.69, 9.17) is 27.5 Å². The molecule has 0 saturated heterocycles. The highest BCUT2D eigenvalue weighted by molar-refractivity contribution is 14.1. The topological polar surface area (TPSA) is 57.9 Å². The molecule has 0 aromatic heterocycles. The van der Waals surface area contributed by atoms with Gasteiger partial charge in [0.25, 0.3) is 9.05 Å². The second-order valence-electron chi connectivity index (χ2n) is 2.29.